The molecular weight excluding hydrogens is 371 g/mol. The van der Waals surface area contributed by atoms with E-state index >= 15 is 0 Å². The highest BCUT2D eigenvalue weighted by Gasteiger charge is 2.28. The van der Waals surface area contributed by atoms with Gasteiger partial charge in [0, 0.05) is 11.8 Å². The Hall–Kier alpha value is -3.29. The zero-order chi connectivity index (χ0) is 20.1. The molecule has 1 amide bonds. The number of aryl methyl sites for hydroxylation is 1. The van der Waals surface area contributed by atoms with Crippen molar-refractivity contribution in [3.05, 3.63) is 77.6 Å². The van der Waals surface area contributed by atoms with Crippen molar-refractivity contribution in [1.29, 1.82) is 0 Å². The summed E-state index contributed by atoms with van der Waals surface area (Å²) in [5, 5.41) is 6.88. The topological polar surface area (TPSA) is 56.2 Å². The van der Waals surface area contributed by atoms with E-state index in [0.29, 0.717) is 12.2 Å². The molecule has 0 spiro atoms. The van der Waals surface area contributed by atoms with E-state index in [0.717, 1.165) is 5.56 Å². The summed E-state index contributed by atoms with van der Waals surface area (Å²) in [4.78, 5) is 12.3. The van der Waals surface area contributed by atoms with Gasteiger partial charge in [0.15, 0.2) is 6.61 Å². The van der Waals surface area contributed by atoms with Gasteiger partial charge < -0.3 is 10.1 Å². The van der Waals surface area contributed by atoms with Crippen LogP contribution in [0.2, 0.25) is 0 Å². The van der Waals surface area contributed by atoms with Crippen molar-refractivity contribution in [3.8, 4) is 5.75 Å². The number of halogens is 3. The summed E-state index contributed by atoms with van der Waals surface area (Å²) in [6, 6.07) is 13.6. The van der Waals surface area contributed by atoms with Gasteiger partial charge in [-0.15, -0.1) is 0 Å². The van der Waals surface area contributed by atoms with E-state index in [2.05, 4.69) is 15.2 Å². The third-order valence-corrected chi connectivity index (χ3v) is 3.86. The summed E-state index contributed by atoms with van der Waals surface area (Å²) in [6.45, 7) is 1.15. The highest BCUT2D eigenvalue weighted by Crippen LogP contribution is 2.20. The second kappa shape index (κ2) is 8.16. The largest absolute Gasteiger partial charge is 0.484 e. The molecule has 8 heteroatoms. The van der Waals surface area contributed by atoms with E-state index in [9.17, 15) is 18.0 Å². The van der Waals surface area contributed by atoms with Crippen molar-refractivity contribution in [2.24, 2.45) is 0 Å². The SMILES string of the molecule is Cc1ccc(Cn2cc(NC(=O)c3cccc(OCC(F)(F)F)c3)cn2)cc1. The first-order valence-electron chi connectivity index (χ1n) is 8.47. The Labute approximate surface area is 159 Å². The molecule has 0 aliphatic rings. The lowest BCUT2D eigenvalue weighted by Gasteiger charge is -2.10. The smallest absolute Gasteiger partial charge is 0.422 e. The van der Waals surface area contributed by atoms with Crippen molar-refractivity contribution >= 4 is 11.6 Å². The summed E-state index contributed by atoms with van der Waals surface area (Å²) in [6.07, 6.45) is -1.25. The first-order valence-corrected chi connectivity index (χ1v) is 8.47. The van der Waals surface area contributed by atoms with Gasteiger partial charge >= 0.3 is 6.18 Å². The molecule has 0 aliphatic carbocycles. The lowest BCUT2D eigenvalue weighted by Crippen LogP contribution is -2.19. The van der Waals surface area contributed by atoms with Crippen LogP contribution in [0, 0.1) is 6.92 Å². The number of amides is 1. The van der Waals surface area contributed by atoms with Crippen LogP contribution in [0.25, 0.3) is 0 Å². The van der Waals surface area contributed by atoms with Gasteiger partial charge in [0.25, 0.3) is 5.91 Å². The number of benzene rings is 2. The number of nitrogens with one attached hydrogen (secondary N) is 1. The standard InChI is InChI=1S/C20H18F3N3O2/c1-14-5-7-15(8-6-14)11-26-12-17(10-24-26)25-19(27)16-3-2-4-18(9-16)28-13-20(21,22)23/h2-10,12H,11,13H2,1H3,(H,25,27). The first kappa shape index (κ1) is 19.5. The van der Waals surface area contributed by atoms with Crippen LogP contribution in [0.1, 0.15) is 21.5 Å². The van der Waals surface area contributed by atoms with Crippen LogP contribution in [0.4, 0.5) is 18.9 Å². The third-order valence-electron chi connectivity index (χ3n) is 3.86. The zero-order valence-electron chi connectivity index (χ0n) is 15.0. The van der Waals surface area contributed by atoms with E-state index in [1.54, 1.807) is 10.9 Å². The molecule has 3 aromatic rings. The van der Waals surface area contributed by atoms with Gasteiger partial charge in [-0.3, -0.25) is 9.48 Å². The van der Waals surface area contributed by atoms with Gasteiger partial charge in [-0.05, 0) is 30.7 Å². The molecule has 0 saturated heterocycles. The Morgan fingerprint density at radius 2 is 1.93 bits per heavy atom. The van der Waals surface area contributed by atoms with Gasteiger partial charge in [0.1, 0.15) is 5.75 Å². The van der Waals surface area contributed by atoms with Crippen LogP contribution in [0.5, 0.6) is 5.75 Å². The first-order chi connectivity index (χ1) is 13.3. The predicted molar refractivity (Wildman–Crippen MR) is 98.5 cm³/mol. The molecule has 1 aromatic heterocycles. The monoisotopic (exact) mass is 389 g/mol. The number of anilines is 1. The lowest BCUT2D eigenvalue weighted by molar-refractivity contribution is -0.153. The van der Waals surface area contributed by atoms with Crippen molar-refractivity contribution in [3.63, 3.8) is 0 Å². The number of carbonyl (C=O) groups is 1. The molecule has 3 rings (SSSR count). The van der Waals surface area contributed by atoms with E-state index in [4.69, 9.17) is 0 Å². The third kappa shape index (κ3) is 5.60. The highest BCUT2D eigenvalue weighted by atomic mass is 19.4. The molecule has 0 unspecified atom stereocenters. The second-order valence-electron chi connectivity index (χ2n) is 6.30. The fourth-order valence-electron chi connectivity index (χ4n) is 2.49. The van der Waals surface area contributed by atoms with E-state index in [-0.39, 0.29) is 11.3 Å². The molecule has 0 radical (unpaired) electrons. The van der Waals surface area contributed by atoms with Crippen LogP contribution in [-0.4, -0.2) is 28.5 Å². The average molecular weight is 389 g/mol. The number of nitrogens with zero attached hydrogens (tertiary/aromatic N) is 2. The van der Waals surface area contributed by atoms with Gasteiger partial charge in [-0.1, -0.05) is 35.9 Å². The van der Waals surface area contributed by atoms with Crippen LogP contribution in [-0.2, 0) is 6.54 Å². The van der Waals surface area contributed by atoms with E-state index in [1.165, 1.54) is 36.0 Å². The zero-order valence-corrected chi connectivity index (χ0v) is 15.0. The predicted octanol–water partition coefficient (Wildman–Crippen LogP) is 4.43. The molecule has 0 bridgehead atoms. The maximum absolute atomic E-state index is 12.3. The van der Waals surface area contributed by atoms with Gasteiger partial charge in [-0.2, -0.15) is 18.3 Å². The number of aromatic nitrogens is 2. The Kier molecular flexibility index (Phi) is 5.67. The Balaban J connectivity index is 1.62. The molecule has 0 saturated carbocycles. The summed E-state index contributed by atoms with van der Waals surface area (Å²) >= 11 is 0. The quantitative estimate of drug-likeness (QED) is 0.678. The van der Waals surface area contributed by atoms with Crippen LogP contribution < -0.4 is 10.1 Å². The Bertz CT molecular complexity index is 950. The number of hydrogen-bond acceptors (Lipinski definition) is 3. The summed E-state index contributed by atoms with van der Waals surface area (Å²) in [7, 11) is 0. The molecule has 1 heterocycles. The summed E-state index contributed by atoms with van der Waals surface area (Å²) in [5.41, 5.74) is 2.91. The minimum Gasteiger partial charge on any atom is -0.484 e. The number of rotatable bonds is 6. The molecule has 5 nitrogen and oxygen atoms in total. The number of carbonyl (C=O) groups excluding carboxylic acids is 1. The molecule has 0 atom stereocenters. The van der Waals surface area contributed by atoms with Crippen LogP contribution in [0.3, 0.4) is 0 Å². The maximum atomic E-state index is 12.3. The van der Waals surface area contributed by atoms with Crippen molar-refractivity contribution in [1.82, 2.24) is 9.78 Å². The van der Waals surface area contributed by atoms with E-state index < -0.39 is 18.7 Å². The van der Waals surface area contributed by atoms with Crippen LogP contribution >= 0.6 is 0 Å². The summed E-state index contributed by atoms with van der Waals surface area (Å²) in [5.74, 6) is -0.493. The molecule has 0 aliphatic heterocycles. The van der Waals surface area contributed by atoms with Gasteiger partial charge in [-0.25, -0.2) is 0 Å². The minimum absolute atomic E-state index is 0.0277. The minimum atomic E-state index is -4.44. The molecule has 28 heavy (non-hydrogen) atoms. The average Bonchev–Trinajstić information content (AvgIpc) is 3.08. The van der Waals surface area contributed by atoms with Crippen molar-refractivity contribution in [2.45, 2.75) is 19.6 Å². The number of hydrogen-bond donors (Lipinski definition) is 1. The molecular formula is C20H18F3N3O2. The van der Waals surface area contributed by atoms with Gasteiger partial charge in [0.05, 0.1) is 18.4 Å². The Morgan fingerprint density at radius 1 is 1.18 bits per heavy atom. The molecule has 2 aromatic carbocycles. The molecule has 146 valence electrons. The fraction of sp³-hybridized carbons (Fsp3) is 0.200. The number of ether oxygens (including phenoxy) is 1. The molecule has 1 N–H and O–H groups in total. The van der Waals surface area contributed by atoms with Gasteiger partial charge in [0.2, 0.25) is 0 Å². The van der Waals surface area contributed by atoms with Crippen molar-refractivity contribution in [2.75, 3.05) is 11.9 Å². The van der Waals surface area contributed by atoms with Crippen LogP contribution in [0.15, 0.2) is 60.9 Å². The molecule has 0 fully saturated rings. The maximum Gasteiger partial charge on any atom is 0.422 e. The normalized spacial score (nSPS) is 11.3. The van der Waals surface area contributed by atoms with E-state index in [1.807, 2.05) is 31.2 Å². The lowest BCUT2D eigenvalue weighted by atomic mass is 10.1. The summed E-state index contributed by atoms with van der Waals surface area (Å²) < 4.78 is 43.1. The second-order valence-corrected chi connectivity index (χ2v) is 6.30. The highest BCUT2D eigenvalue weighted by molar-refractivity contribution is 6.04. The number of alkyl halides is 3. The Morgan fingerprint density at radius 3 is 2.64 bits per heavy atom. The van der Waals surface area contributed by atoms with Crippen molar-refractivity contribution < 1.29 is 22.7 Å². The fourth-order valence-corrected chi connectivity index (χ4v) is 2.49.